The van der Waals surface area contributed by atoms with Gasteiger partial charge in [-0.3, -0.25) is 9.59 Å². The van der Waals surface area contributed by atoms with Crippen LogP contribution < -0.4 is 5.32 Å². The van der Waals surface area contributed by atoms with Crippen molar-refractivity contribution in [3.05, 3.63) is 41.9 Å². The van der Waals surface area contributed by atoms with Crippen LogP contribution in [-0.4, -0.2) is 11.7 Å². The van der Waals surface area contributed by atoms with Crippen LogP contribution in [-0.2, 0) is 4.79 Å². The van der Waals surface area contributed by atoms with Crippen molar-refractivity contribution >= 4 is 29.1 Å². The van der Waals surface area contributed by atoms with Crippen LogP contribution in [0.3, 0.4) is 0 Å². The predicted molar refractivity (Wildman–Crippen MR) is 67.0 cm³/mol. The molecule has 0 spiro atoms. The third-order valence-corrected chi connectivity index (χ3v) is 3.86. The zero-order chi connectivity index (χ0) is 12.7. The van der Waals surface area contributed by atoms with E-state index in [1.807, 2.05) is 19.1 Å². The van der Waals surface area contributed by atoms with E-state index in [2.05, 4.69) is 5.32 Å². The van der Waals surface area contributed by atoms with Gasteiger partial charge in [0.2, 0.25) is 0 Å². The number of carbonyl (C=O) groups excluding carboxylic acids is 2. The number of benzene rings is 1. The van der Waals surface area contributed by atoms with Crippen LogP contribution in [0.1, 0.15) is 16.1 Å². The lowest BCUT2D eigenvalue weighted by Gasteiger charge is -2.02. The normalized spacial score (nSPS) is 13.6. The molecule has 1 aliphatic heterocycles. The number of nitrogens with one attached hydrogen (secondary N) is 1. The first-order valence-corrected chi connectivity index (χ1v) is 6.18. The maximum absolute atomic E-state index is 11.4. The highest BCUT2D eigenvalue weighted by Gasteiger charge is 2.27. The highest BCUT2D eigenvalue weighted by molar-refractivity contribution is 7.99. The maximum Gasteiger partial charge on any atom is 0.296 e. The molecule has 1 N–H and O–H groups in total. The fraction of sp³-hybridized carbons (Fsp3) is 0.0769. The highest BCUT2D eigenvalue weighted by Crippen LogP contribution is 2.34. The van der Waals surface area contributed by atoms with Crippen LogP contribution in [0.4, 0.5) is 5.69 Å². The summed E-state index contributed by atoms with van der Waals surface area (Å²) < 4.78 is 5.22. The number of fused-ring (bicyclic) bond motifs is 1. The molecule has 0 saturated carbocycles. The summed E-state index contributed by atoms with van der Waals surface area (Å²) in [6.07, 6.45) is 1.64. The van der Waals surface area contributed by atoms with E-state index in [4.69, 9.17) is 4.42 Å². The molecule has 90 valence electrons. The molecule has 2 aromatic rings. The minimum atomic E-state index is -0.563. The van der Waals surface area contributed by atoms with Gasteiger partial charge in [-0.25, -0.2) is 0 Å². The molecule has 0 fully saturated rings. The first-order valence-electron chi connectivity index (χ1n) is 5.37. The number of hydrogen-bond donors (Lipinski definition) is 1. The topological polar surface area (TPSA) is 59.3 Å². The molecule has 1 aromatic carbocycles. The Balaban J connectivity index is 1.93. The number of rotatable bonds is 2. The van der Waals surface area contributed by atoms with Crippen molar-refractivity contribution in [1.82, 2.24) is 0 Å². The summed E-state index contributed by atoms with van der Waals surface area (Å²) in [6.45, 7) is 1.89. The monoisotopic (exact) mass is 259 g/mol. The highest BCUT2D eigenvalue weighted by atomic mass is 32.2. The number of carbonyl (C=O) groups is 2. The zero-order valence-corrected chi connectivity index (χ0v) is 10.3. The van der Waals surface area contributed by atoms with Gasteiger partial charge < -0.3 is 9.73 Å². The molecule has 0 radical (unpaired) electrons. The largest absolute Gasteiger partial charge is 0.468 e. The van der Waals surface area contributed by atoms with E-state index in [1.54, 1.807) is 18.4 Å². The molecule has 4 nitrogen and oxygen atoms in total. The van der Waals surface area contributed by atoms with Gasteiger partial charge in [0.05, 0.1) is 22.4 Å². The van der Waals surface area contributed by atoms with E-state index in [1.165, 1.54) is 11.8 Å². The Morgan fingerprint density at radius 3 is 2.78 bits per heavy atom. The third kappa shape index (κ3) is 1.73. The molecule has 0 bridgehead atoms. The maximum atomic E-state index is 11.4. The van der Waals surface area contributed by atoms with Crippen LogP contribution in [0.25, 0.3) is 0 Å². The van der Waals surface area contributed by atoms with E-state index in [0.717, 1.165) is 15.6 Å². The molecular weight excluding hydrogens is 250 g/mol. The molecule has 0 atom stereocenters. The summed E-state index contributed by atoms with van der Waals surface area (Å²) >= 11 is 1.53. The molecule has 1 aromatic heterocycles. The standard InChI is InChI=1S/C13H9NO3S/c1-7-11(4-5-17-7)18-8-2-3-9-10(6-8)14-13(16)12(9)15/h2-6H,1H3,(H,14,15,16). The minimum absolute atomic E-state index is 0.438. The van der Waals surface area contributed by atoms with Crippen molar-refractivity contribution in [3.8, 4) is 0 Å². The summed E-state index contributed by atoms with van der Waals surface area (Å²) in [4.78, 5) is 24.6. The van der Waals surface area contributed by atoms with Crippen LogP contribution in [0.5, 0.6) is 0 Å². The van der Waals surface area contributed by atoms with E-state index in [9.17, 15) is 9.59 Å². The van der Waals surface area contributed by atoms with Crippen molar-refractivity contribution < 1.29 is 14.0 Å². The molecule has 2 heterocycles. The van der Waals surface area contributed by atoms with Gasteiger partial charge >= 0.3 is 0 Å². The fourth-order valence-corrected chi connectivity index (χ4v) is 2.68. The summed E-state index contributed by atoms with van der Waals surface area (Å²) in [5.74, 6) is -0.187. The summed E-state index contributed by atoms with van der Waals surface area (Å²) in [5.41, 5.74) is 1.02. The second-order valence-electron chi connectivity index (χ2n) is 3.93. The molecule has 1 aliphatic rings. The summed E-state index contributed by atoms with van der Waals surface area (Å²) in [5, 5.41) is 2.56. The van der Waals surface area contributed by atoms with E-state index >= 15 is 0 Å². The second-order valence-corrected chi connectivity index (χ2v) is 5.05. The van der Waals surface area contributed by atoms with Crippen molar-refractivity contribution in [3.63, 3.8) is 0 Å². The second kappa shape index (κ2) is 4.03. The molecule has 5 heteroatoms. The van der Waals surface area contributed by atoms with Crippen molar-refractivity contribution in [2.24, 2.45) is 0 Å². The first-order chi connectivity index (χ1) is 8.65. The Kier molecular flexibility index (Phi) is 2.48. The Hall–Kier alpha value is -2.01. The average Bonchev–Trinajstić information content (AvgIpc) is 2.86. The molecule has 1 amide bonds. The fourth-order valence-electron chi connectivity index (χ4n) is 1.80. The van der Waals surface area contributed by atoms with E-state index in [-0.39, 0.29) is 0 Å². The Bertz CT molecular complexity index is 660. The van der Waals surface area contributed by atoms with Gasteiger partial charge in [-0.15, -0.1) is 0 Å². The van der Waals surface area contributed by atoms with E-state index in [0.29, 0.717) is 11.3 Å². The van der Waals surface area contributed by atoms with Gasteiger partial charge in [0, 0.05) is 4.90 Å². The lowest BCUT2D eigenvalue weighted by molar-refractivity contribution is -0.112. The number of aryl methyl sites for hydroxylation is 1. The van der Waals surface area contributed by atoms with Gasteiger partial charge in [-0.2, -0.15) is 0 Å². The smallest absolute Gasteiger partial charge is 0.296 e. The molecule has 0 unspecified atom stereocenters. The Labute approximate surface area is 107 Å². The number of amides is 1. The number of anilines is 1. The predicted octanol–water partition coefficient (Wildman–Crippen LogP) is 2.87. The van der Waals surface area contributed by atoms with Gasteiger partial charge in [-0.1, -0.05) is 11.8 Å². The summed E-state index contributed by atoms with van der Waals surface area (Å²) in [7, 11) is 0. The van der Waals surface area contributed by atoms with Gasteiger partial charge in [0.25, 0.3) is 11.7 Å². The molecular formula is C13H9NO3S. The molecule has 18 heavy (non-hydrogen) atoms. The summed E-state index contributed by atoms with van der Waals surface area (Å²) in [6, 6.07) is 7.19. The number of Topliss-reactive ketones (excluding diaryl/α,β-unsaturated/α-hetero) is 1. The molecule has 0 saturated heterocycles. The number of ketones is 1. The minimum Gasteiger partial charge on any atom is -0.468 e. The van der Waals surface area contributed by atoms with Gasteiger partial charge in [0.1, 0.15) is 5.76 Å². The van der Waals surface area contributed by atoms with Crippen LogP contribution in [0.15, 0.2) is 44.7 Å². The van der Waals surface area contributed by atoms with E-state index < -0.39 is 11.7 Å². The average molecular weight is 259 g/mol. The molecule has 3 rings (SSSR count). The third-order valence-electron chi connectivity index (χ3n) is 2.73. The van der Waals surface area contributed by atoms with Crippen molar-refractivity contribution in [1.29, 1.82) is 0 Å². The SMILES string of the molecule is Cc1occc1Sc1ccc2c(c1)NC(=O)C2=O. The van der Waals surface area contributed by atoms with Gasteiger partial charge in [-0.05, 0) is 31.2 Å². The first kappa shape index (κ1) is 11.1. The molecule has 0 aliphatic carbocycles. The number of hydrogen-bond acceptors (Lipinski definition) is 4. The lowest BCUT2D eigenvalue weighted by atomic mass is 10.1. The van der Waals surface area contributed by atoms with Crippen LogP contribution >= 0.6 is 11.8 Å². The van der Waals surface area contributed by atoms with Crippen molar-refractivity contribution in [2.75, 3.05) is 5.32 Å². The quantitative estimate of drug-likeness (QED) is 0.842. The zero-order valence-electron chi connectivity index (χ0n) is 9.52. The van der Waals surface area contributed by atoms with Gasteiger partial charge in [0.15, 0.2) is 0 Å². The number of furan rings is 1. The van der Waals surface area contributed by atoms with Crippen LogP contribution in [0.2, 0.25) is 0 Å². The Morgan fingerprint density at radius 2 is 2.06 bits per heavy atom. The lowest BCUT2D eigenvalue weighted by Crippen LogP contribution is -2.12. The van der Waals surface area contributed by atoms with Crippen LogP contribution in [0, 0.1) is 6.92 Å². The Morgan fingerprint density at radius 1 is 1.22 bits per heavy atom. The van der Waals surface area contributed by atoms with Crippen molar-refractivity contribution in [2.45, 2.75) is 16.7 Å².